The van der Waals surface area contributed by atoms with E-state index in [2.05, 4.69) is 0 Å². The summed E-state index contributed by atoms with van der Waals surface area (Å²) in [7, 11) is 0. The van der Waals surface area contributed by atoms with Crippen molar-refractivity contribution >= 4 is 0 Å². The summed E-state index contributed by atoms with van der Waals surface area (Å²) in [6, 6.07) is 9.95. The molecule has 0 heterocycles. The van der Waals surface area contributed by atoms with Crippen molar-refractivity contribution in [1.82, 2.24) is 0 Å². The Morgan fingerprint density at radius 2 is 1.06 bits per heavy atom. The van der Waals surface area contributed by atoms with E-state index in [1.165, 1.54) is 5.56 Å². The zero-order valence-electron chi connectivity index (χ0n) is 8.75. The molecular formula is C8H24O8. The van der Waals surface area contributed by atoms with E-state index in [1.807, 2.05) is 30.3 Å². The highest BCUT2D eigenvalue weighted by Gasteiger charge is 1.85. The van der Waals surface area contributed by atoms with E-state index in [9.17, 15) is 0 Å². The summed E-state index contributed by atoms with van der Waals surface area (Å²) in [6.07, 6.45) is 0.765. The summed E-state index contributed by atoms with van der Waals surface area (Å²) in [4.78, 5) is 0. The molecule has 0 bridgehead atoms. The standard InChI is InChI=1S/C8H10O.7H2O/c9-7-6-8-4-2-1-3-5-8;;;;;;;/h1-5,9H,6-7H2;7*1H2. The van der Waals surface area contributed by atoms with Gasteiger partial charge in [0.05, 0.1) is 0 Å². The third kappa shape index (κ3) is 18.6. The fraction of sp³-hybridized carbons (Fsp3) is 0.250. The second kappa shape index (κ2) is 29.2. The van der Waals surface area contributed by atoms with Gasteiger partial charge in [-0.25, -0.2) is 0 Å². The van der Waals surface area contributed by atoms with Gasteiger partial charge in [0, 0.05) is 6.61 Å². The molecule has 0 aliphatic carbocycles. The molecule has 1 rings (SSSR count). The Bertz CT molecular complexity index is 169. The predicted molar refractivity (Wildman–Crippen MR) is 62.5 cm³/mol. The van der Waals surface area contributed by atoms with E-state index in [1.54, 1.807) is 0 Å². The van der Waals surface area contributed by atoms with Crippen LogP contribution in [0.15, 0.2) is 30.3 Å². The average Bonchev–Trinajstić information content (AvgIpc) is 1.91. The molecular weight excluding hydrogens is 224 g/mol. The van der Waals surface area contributed by atoms with Crippen molar-refractivity contribution < 1.29 is 43.4 Å². The molecule has 104 valence electrons. The average molecular weight is 248 g/mol. The van der Waals surface area contributed by atoms with Gasteiger partial charge in [-0.1, -0.05) is 30.3 Å². The third-order valence-electron chi connectivity index (χ3n) is 1.24. The number of aliphatic hydroxyl groups is 1. The van der Waals surface area contributed by atoms with Crippen molar-refractivity contribution in [3.8, 4) is 0 Å². The smallest absolute Gasteiger partial charge is 0.0471 e. The molecule has 0 saturated carbocycles. The van der Waals surface area contributed by atoms with Crippen LogP contribution >= 0.6 is 0 Å². The highest BCUT2D eigenvalue weighted by molar-refractivity contribution is 5.14. The van der Waals surface area contributed by atoms with E-state index in [-0.39, 0.29) is 44.9 Å². The molecule has 1 aromatic carbocycles. The molecule has 0 aliphatic heterocycles. The van der Waals surface area contributed by atoms with Gasteiger partial charge in [0.2, 0.25) is 0 Å². The molecule has 0 spiro atoms. The third-order valence-corrected chi connectivity index (χ3v) is 1.24. The lowest BCUT2D eigenvalue weighted by atomic mass is 10.2. The van der Waals surface area contributed by atoms with E-state index in [0.29, 0.717) is 0 Å². The summed E-state index contributed by atoms with van der Waals surface area (Å²) in [5.41, 5.74) is 1.19. The van der Waals surface area contributed by atoms with Crippen LogP contribution in [0.25, 0.3) is 0 Å². The van der Waals surface area contributed by atoms with Gasteiger partial charge in [0.1, 0.15) is 0 Å². The number of rotatable bonds is 2. The van der Waals surface area contributed by atoms with Crippen molar-refractivity contribution in [1.29, 1.82) is 0 Å². The second-order valence-electron chi connectivity index (χ2n) is 1.96. The fourth-order valence-corrected chi connectivity index (χ4v) is 0.774. The topological polar surface area (TPSA) is 241 Å². The van der Waals surface area contributed by atoms with Crippen molar-refractivity contribution in [2.75, 3.05) is 6.61 Å². The SMILES string of the molecule is O.O.O.O.O.O.O.OCCc1ccccc1. The van der Waals surface area contributed by atoms with Gasteiger partial charge >= 0.3 is 0 Å². The van der Waals surface area contributed by atoms with Crippen LogP contribution in [0, 0.1) is 0 Å². The maximum atomic E-state index is 8.52. The van der Waals surface area contributed by atoms with E-state index in [4.69, 9.17) is 5.11 Å². The first-order chi connectivity index (χ1) is 4.43. The molecule has 1 aromatic rings. The van der Waals surface area contributed by atoms with E-state index in [0.717, 1.165) is 6.42 Å². The molecule has 0 aromatic heterocycles. The molecule has 0 aliphatic rings. The molecule has 8 nitrogen and oxygen atoms in total. The first kappa shape index (κ1) is 46.1. The summed E-state index contributed by atoms with van der Waals surface area (Å²) < 4.78 is 0. The van der Waals surface area contributed by atoms with Gasteiger partial charge in [0.15, 0.2) is 0 Å². The lowest BCUT2D eigenvalue weighted by Gasteiger charge is -1.93. The molecule has 0 atom stereocenters. The Hall–Kier alpha value is -1.10. The first-order valence-corrected chi connectivity index (χ1v) is 3.08. The van der Waals surface area contributed by atoms with Crippen LogP contribution in [0.2, 0.25) is 0 Å². The monoisotopic (exact) mass is 248 g/mol. The number of benzene rings is 1. The summed E-state index contributed by atoms with van der Waals surface area (Å²) in [5, 5.41) is 8.52. The van der Waals surface area contributed by atoms with Gasteiger partial charge in [-0.05, 0) is 12.0 Å². The predicted octanol–water partition coefficient (Wildman–Crippen LogP) is -4.55. The fourth-order valence-electron chi connectivity index (χ4n) is 0.774. The van der Waals surface area contributed by atoms with Crippen molar-refractivity contribution in [2.24, 2.45) is 0 Å². The highest BCUT2D eigenvalue weighted by Crippen LogP contribution is 1.97. The number of hydrogen-bond donors (Lipinski definition) is 1. The Balaban J connectivity index is -0.0000000231. The van der Waals surface area contributed by atoms with Crippen LogP contribution in [0.3, 0.4) is 0 Å². The summed E-state index contributed by atoms with van der Waals surface area (Å²) in [5.74, 6) is 0. The zero-order valence-corrected chi connectivity index (χ0v) is 8.75. The molecule has 15 N–H and O–H groups in total. The van der Waals surface area contributed by atoms with Crippen molar-refractivity contribution in [3.63, 3.8) is 0 Å². The van der Waals surface area contributed by atoms with Crippen LogP contribution < -0.4 is 0 Å². The van der Waals surface area contributed by atoms with Crippen LogP contribution in [0.5, 0.6) is 0 Å². The van der Waals surface area contributed by atoms with Gasteiger partial charge in [-0.3, -0.25) is 0 Å². The minimum Gasteiger partial charge on any atom is -0.412 e. The van der Waals surface area contributed by atoms with Gasteiger partial charge in [-0.15, -0.1) is 0 Å². The van der Waals surface area contributed by atoms with Crippen molar-refractivity contribution in [3.05, 3.63) is 35.9 Å². The summed E-state index contributed by atoms with van der Waals surface area (Å²) in [6.45, 7) is 0.240. The summed E-state index contributed by atoms with van der Waals surface area (Å²) >= 11 is 0. The van der Waals surface area contributed by atoms with Crippen LogP contribution in [-0.4, -0.2) is 50.0 Å². The molecule has 0 fully saturated rings. The quantitative estimate of drug-likeness (QED) is 0.533. The molecule has 0 radical (unpaired) electrons. The Morgan fingerprint density at radius 1 is 0.688 bits per heavy atom. The first-order valence-electron chi connectivity index (χ1n) is 3.08. The molecule has 0 unspecified atom stereocenters. The normalized spacial score (nSPS) is 5.31. The van der Waals surface area contributed by atoms with Gasteiger partial charge in [0.25, 0.3) is 0 Å². The lowest BCUT2D eigenvalue weighted by Crippen LogP contribution is -1.88. The molecule has 16 heavy (non-hydrogen) atoms. The van der Waals surface area contributed by atoms with Crippen LogP contribution in [0.4, 0.5) is 0 Å². The number of hydrogen-bond acceptors (Lipinski definition) is 1. The maximum absolute atomic E-state index is 8.52. The second-order valence-corrected chi connectivity index (χ2v) is 1.96. The van der Waals surface area contributed by atoms with Crippen molar-refractivity contribution in [2.45, 2.75) is 6.42 Å². The molecule has 0 amide bonds. The number of aliphatic hydroxyl groups excluding tert-OH is 1. The zero-order chi connectivity index (χ0) is 6.53. The largest absolute Gasteiger partial charge is 0.412 e. The van der Waals surface area contributed by atoms with E-state index >= 15 is 0 Å². The highest BCUT2D eigenvalue weighted by atomic mass is 16.2. The molecule has 0 saturated heterocycles. The van der Waals surface area contributed by atoms with Gasteiger partial charge < -0.3 is 43.4 Å². The minimum atomic E-state index is 0. The Morgan fingerprint density at radius 3 is 1.38 bits per heavy atom. The molecule has 8 heteroatoms. The van der Waals surface area contributed by atoms with Gasteiger partial charge in [-0.2, -0.15) is 0 Å². The van der Waals surface area contributed by atoms with Crippen LogP contribution in [0.1, 0.15) is 5.56 Å². The Labute approximate surface area is 93.3 Å². The lowest BCUT2D eigenvalue weighted by molar-refractivity contribution is 0.299. The maximum Gasteiger partial charge on any atom is 0.0471 e. The Kier molecular flexibility index (Phi) is 84.2. The van der Waals surface area contributed by atoms with Crippen LogP contribution in [-0.2, 0) is 6.42 Å². The van der Waals surface area contributed by atoms with E-state index < -0.39 is 0 Å². The minimum absolute atomic E-state index is 0.